The molecule has 1 aromatic carbocycles. The van der Waals surface area contributed by atoms with E-state index < -0.39 is 5.82 Å². The van der Waals surface area contributed by atoms with Crippen LogP contribution in [0, 0.1) is 5.82 Å². The molecule has 0 atom stereocenters. The van der Waals surface area contributed by atoms with Crippen molar-refractivity contribution in [2.45, 2.75) is 25.7 Å². The second-order valence-electron chi connectivity index (χ2n) is 4.59. The standard InChI is InChI=1S/C14H18FNO/c15-13-8-4-3-7-12(13)14(17)11-16-9-5-1-2-6-10-16/h3-4,7-8H,1-2,5-6,9-11H2. The van der Waals surface area contributed by atoms with Crippen LogP contribution >= 0.6 is 0 Å². The van der Waals surface area contributed by atoms with Crippen LogP contribution in [0.2, 0.25) is 0 Å². The Morgan fingerprint density at radius 1 is 1.12 bits per heavy atom. The van der Waals surface area contributed by atoms with E-state index in [0.29, 0.717) is 6.54 Å². The van der Waals surface area contributed by atoms with Gasteiger partial charge in [0, 0.05) is 0 Å². The number of carbonyl (C=O) groups is 1. The Kier molecular flexibility index (Phi) is 4.26. The van der Waals surface area contributed by atoms with Crippen molar-refractivity contribution in [3.05, 3.63) is 35.6 Å². The number of rotatable bonds is 3. The Morgan fingerprint density at radius 3 is 2.41 bits per heavy atom. The molecular weight excluding hydrogens is 217 g/mol. The molecule has 17 heavy (non-hydrogen) atoms. The monoisotopic (exact) mass is 235 g/mol. The van der Waals surface area contributed by atoms with E-state index in [2.05, 4.69) is 4.90 Å². The summed E-state index contributed by atoms with van der Waals surface area (Å²) >= 11 is 0. The number of hydrogen-bond donors (Lipinski definition) is 0. The van der Waals surface area contributed by atoms with E-state index >= 15 is 0 Å². The fraction of sp³-hybridized carbons (Fsp3) is 0.500. The predicted molar refractivity (Wildman–Crippen MR) is 65.6 cm³/mol. The number of carbonyl (C=O) groups excluding carboxylic acids is 1. The normalized spacial score (nSPS) is 17.7. The molecule has 1 aromatic rings. The Labute approximate surface area is 101 Å². The first kappa shape index (κ1) is 12.2. The fourth-order valence-corrected chi connectivity index (χ4v) is 2.27. The summed E-state index contributed by atoms with van der Waals surface area (Å²) in [6, 6.07) is 6.22. The lowest BCUT2D eigenvalue weighted by molar-refractivity contribution is 0.0929. The number of likely N-dealkylation sites (tertiary alicyclic amines) is 1. The van der Waals surface area contributed by atoms with Gasteiger partial charge < -0.3 is 0 Å². The molecule has 0 unspecified atom stereocenters. The molecule has 2 rings (SSSR count). The quantitative estimate of drug-likeness (QED) is 0.751. The maximum atomic E-state index is 13.4. The molecule has 1 heterocycles. The Hall–Kier alpha value is -1.22. The van der Waals surface area contributed by atoms with E-state index in [0.717, 1.165) is 25.9 Å². The number of benzene rings is 1. The van der Waals surface area contributed by atoms with Crippen molar-refractivity contribution in [3.63, 3.8) is 0 Å². The maximum absolute atomic E-state index is 13.4. The summed E-state index contributed by atoms with van der Waals surface area (Å²) in [7, 11) is 0. The van der Waals surface area contributed by atoms with Crippen LogP contribution in [0.4, 0.5) is 4.39 Å². The SMILES string of the molecule is O=C(CN1CCCCCC1)c1ccccc1F. The van der Waals surface area contributed by atoms with Crippen molar-refractivity contribution < 1.29 is 9.18 Å². The molecule has 1 aliphatic rings. The molecule has 92 valence electrons. The zero-order valence-corrected chi connectivity index (χ0v) is 9.99. The van der Waals surface area contributed by atoms with Gasteiger partial charge >= 0.3 is 0 Å². The highest BCUT2D eigenvalue weighted by atomic mass is 19.1. The van der Waals surface area contributed by atoms with E-state index in [-0.39, 0.29) is 11.3 Å². The van der Waals surface area contributed by atoms with E-state index in [1.807, 2.05) is 0 Å². The molecule has 0 bridgehead atoms. The number of nitrogens with zero attached hydrogens (tertiary/aromatic N) is 1. The molecule has 1 fully saturated rings. The molecule has 0 saturated carbocycles. The van der Waals surface area contributed by atoms with Gasteiger partial charge in [-0.3, -0.25) is 9.69 Å². The van der Waals surface area contributed by atoms with Crippen LogP contribution in [-0.4, -0.2) is 30.3 Å². The van der Waals surface area contributed by atoms with Crippen LogP contribution < -0.4 is 0 Å². The van der Waals surface area contributed by atoms with E-state index in [4.69, 9.17) is 0 Å². The van der Waals surface area contributed by atoms with Crippen molar-refractivity contribution in [2.24, 2.45) is 0 Å². The van der Waals surface area contributed by atoms with Crippen LogP contribution in [0.15, 0.2) is 24.3 Å². The summed E-state index contributed by atoms with van der Waals surface area (Å²) in [5.74, 6) is -0.516. The largest absolute Gasteiger partial charge is 0.296 e. The molecule has 0 aromatic heterocycles. The third-order valence-corrected chi connectivity index (χ3v) is 3.24. The minimum atomic E-state index is -0.410. The highest BCUT2D eigenvalue weighted by molar-refractivity contribution is 5.97. The Bertz CT molecular complexity index is 384. The zero-order chi connectivity index (χ0) is 12.1. The molecule has 0 N–H and O–H groups in total. The smallest absolute Gasteiger partial charge is 0.179 e. The minimum absolute atomic E-state index is 0.106. The zero-order valence-electron chi connectivity index (χ0n) is 9.99. The third kappa shape index (κ3) is 3.37. The van der Waals surface area contributed by atoms with Gasteiger partial charge in [0.15, 0.2) is 5.78 Å². The topological polar surface area (TPSA) is 20.3 Å². The first-order valence-electron chi connectivity index (χ1n) is 6.27. The molecule has 2 nitrogen and oxygen atoms in total. The van der Waals surface area contributed by atoms with Gasteiger partial charge in [-0.05, 0) is 38.1 Å². The average molecular weight is 235 g/mol. The summed E-state index contributed by atoms with van der Waals surface area (Å²) in [6.45, 7) is 2.27. The number of Topliss-reactive ketones (excluding diaryl/α,β-unsaturated/α-hetero) is 1. The highest BCUT2D eigenvalue weighted by Gasteiger charge is 2.16. The second-order valence-corrected chi connectivity index (χ2v) is 4.59. The van der Waals surface area contributed by atoms with Gasteiger partial charge in [-0.1, -0.05) is 25.0 Å². The van der Waals surface area contributed by atoms with Gasteiger partial charge in [-0.2, -0.15) is 0 Å². The summed E-state index contributed by atoms with van der Waals surface area (Å²) in [6.07, 6.45) is 4.77. The van der Waals surface area contributed by atoms with E-state index in [9.17, 15) is 9.18 Å². The van der Waals surface area contributed by atoms with E-state index in [1.54, 1.807) is 18.2 Å². The van der Waals surface area contributed by atoms with Crippen LogP contribution in [0.3, 0.4) is 0 Å². The molecule has 1 saturated heterocycles. The summed E-state index contributed by atoms with van der Waals surface area (Å²) in [5, 5.41) is 0. The van der Waals surface area contributed by atoms with Crippen molar-refractivity contribution in [2.75, 3.05) is 19.6 Å². The molecule has 0 amide bonds. The highest BCUT2D eigenvalue weighted by Crippen LogP contribution is 2.12. The van der Waals surface area contributed by atoms with Gasteiger partial charge in [0.1, 0.15) is 5.82 Å². The average Bonchev–Trinajstić information content (AvgIpc) is 2.58. The lowest BCUT2D eigenvalue weighted by Gasteiger charge is -2.18. The Balaban J connectivity index is 1.98. The molecule has 3 heteroatoms. The van der Waals surface area contributed by atoms with Gasteiger partial charge in [-0.15, -0.1) is 0 Å². The Morgan fingerprint density at radius 2 is 1.76 bits per heavy atom. The molecular formula is C14H18FNO. The van der Waals surface area contributed by atoms with Gasteiger partial charge in [0.2, 0.25) is 0 Å². The summed E-state index contributed by atoms with van der Waals surface area (Å²) in [4.78, 5) is 14.1. The molecule has 0 radical (unpaired) electrons. The van der Waals surface area contributed by atoms with Gasteiger partial charge in [0.25, 0.3) is 0 Å². The summed E-state index contributed by atoms with van der Waals surface area (Å²) < 4.78 is 13.4. The molecule has 0 spiro atoms. The maximum Gasteiger partial charge on any atom is 0.179 e. The van der Waals surface area contributed by atoms with Crippen LogP contribution in [0.1, 0.15) is 36.0 Å². The first-order chi connectivity index (χ1) is 8.27. The first-order valence-corrected chi connectivity index (χ1v) is 6.27. The van der Waals surface area contributed by atoms with Crippen LogP contribution in [0.5, 0.6) is 0 Å². The number of ketones is 1. The lowest BCUT2D eigenvalue weighted by atomic mass is 10.1. The van der Waals surface area contributed by atoms with Gasteiger partial charge in [-0.25, -0.2) is 4.39 Å². The van der Waals surface area contributed by atoms with Crippen molar-refractivity contribution in [1.82, 2.24) is 4.90 Å². The van der Waals surface area contributed by atoms with Crippen molar-refractivity contribution in [3.8, 4) is 0 Å². The molecule has 1 aliphatic heterocycles. The van der Waals surface area contributed by atoms with Crippen molar-refractivity contribution in [1.29, 1.82) is 0 Å². The van der Waals surface area contributed by atoms with Crippen molar-refractivity contribution >= 4 is 5.78 Å². The second kappa shape index (κ2) is 5.92. The number of halogens is 1. The van der Waals surface area contributed by atoms with Gasteiger partial charge in [0.05, 0.1) is 12.1 Å². The van der Waals surface area contributed by atoms with E-state index in [1.165, 1.54) is 18.9 Å². The molecule has 0 aliphatic carbocycles. The summed E-state index contributed by atoms with van der Waals surface area (Å²) in [5.41, 5.74) is 0.219. The minimum Gasteiger partial charge on any atom is -0.296 e. The number of hydrogen-bond acceptors (Lipinski definition) is 2. The van der Waals surface area contributed by atoms with Crippen LogP contribution in [-0.2, 0) is 0 Å². The fourth-order valence-electron chi connectivity index (χ4n) is 2.27. The third-order valence-electron chi connectivity index (χ3n) is 3.24. The lowest BCUT2D eigenvalue weighted by Crippen LogP contribution is -2.31. The van der Waals surface area contributed by atoms with Crippen LogP contribution in [0.25, 0.3) is 0 Å². The predicted octanol–water partition coefficient (Wildman–Crippen LogP) is 2.88.